The number of hydrogen-bond donors (Lipinski definition) is 1. The molecule has 1 aliphatic carbocycles. The van der Waals surface area contributed by atoms with Gasteiger partial charge in [0.15, 0.2) is 0 Å². The maximum atomic E-state index is 13.2. The Balaban J connectivity index is 0.00000442. The van der Waals surface area contributed by atoms with E-state index in [1.165, 1.54) is 25.7 Å². The smallest absolute Gasteiger partial charge is 0.418 e. The van der Waals surface area contributed by atoms with Crippen molar-refractivity contribution in [3.63, 3.8) is 0 Å². The molecule has 44 heavy (non-hydrogen) atoms. The molecule has 0 radical (unpaired) electrons. The molecule has 3 aromatic rings. The first kappa shape index (κ1) is 32.5. The molecule has 0 spiro atoms. The third-order valence-corrected chi connectivity index (χ3v) is 7.68. The number of ether oxygens (including phenoxy) is 3. The van der Waals surface area contributed by atoms with Crippen LogP contribution in [-0.2, 0) is 0 Å². The van der Waals surface area contributed by atoms with Crippen molar-refractivity contribution in [1.29, 1.82) is 0 Å². The molecule has 5 heteroatoms. The van der Waals surface area contributed by atoms with E-state index < -0.39 is 0 Å². The summed E-state index contributed by atoms with van der Waals surface area (Å²) in [5.74, 6) is 2.86. The Hall–Kier alpha value is -4.38. The van der Waals surface area contributed by atoms with Gasteiger partial charge >= 0.3 is 5.91 Å². The number of allylic oxidation sites excluding steroid dienone is 5. The lowest BCUT2D eigenvalue weighted by Crippen LogP contribution is -2.77. The summed E-state index contributed by atoms with van der Waals surface area (Å²) in [6, 6.07) is 21.4. The Morgan fingerprint density at radius 1 is 0.705 bits per heavy atom. The molecule has 0 unspecified atom stereocenters. The van der Waals surface area contributed by atoms with E-state index in [9.17, 15) is 4.79 Å². The van der Waals surface area contributed by atoms with Crippen molar-refractivity contribution >= 4 is 17.2 Å². The molecule has 2 aliphatic rings. The maximum Gasteiger partial charge on any atom is 0.418 e. The van der Waals surface area contributed by atoms with E-state index in [0.29, 0.717) is 18.8 Å². The van der Waals surface area contributed by atoms with Crippen LogP contribution in [0.15, 0.2) is 96.6 Å². The van der Waals surface area contributed by atoms with Gasteiger partial charge < -0.3 is 14.2 Å². The van der Waals surface area contributed by atoms with Crippen molar-refractivity contribution < 1.29 is 24.0 Å². The van der Waals surface area contributed by atoms with Gasteiger partial charge in [0.2, 0.25) is 5.71 Å². The van der Waals surface area contributed by atoms with Crippen molar-refractivity contribution in [1.82, 2.24) is 0 Å². The molecule has 0 atom stereocenters. The summed E-state index contributed by atoms with van der Waals surface area (Å²) in [6.07, 6.45) is 17.1. The van der Waals surface area contributed by atoms with Crippen LogP contribution in [0.3, 0.4) is 0 Å². The van der Waals surface area contributed by atoms with E-state index in [2.05, 4.69) is 31.0 Å². The van der Waals surface area contributed by atoms with E-state index in [1.54, 1.807) is 0 Å². The molecule has 5 rings (SSSR count). The topological polar surface area (TPSA) is 58.7 Å². The van der Waals surface area contributed by atoms with Crippen LogP contribution in [0.2, 0.25) is 0 Å². The minimum Gasteiger partial charge on any atom is -0.493 e. The molecule has 230 valence electrons. The SMILES string of the molecule is C.CCCCCCOc1ccc2c(c1)Oc1cc(OCCCCCC)ccc1C2=C1C=CC=CC1=[NH+]C(=O)c1ccccc1. The van der Waals surface area contributed by atoms with E-state index in [-0.39, 0.29) is 13.3 Å². The van der Waals surface area contributed by atoms with Gasteiger partial charge in [0, 0.05) is 34.9 Å². The van der Waals surface area contributed by atoms with Crippen LogP contribution in [0.4, 0.5) is 0 Å². The molecular weight excluding hydrogens is 546 g/mol. The van der Waals surface area contributed by atoms with E-state index in [1.807, 2.05) is 78.9 Å². The molecule has 1 aliphatic heterocycles. The predicted molar refractivity (Wildman–Crippen MR) is 180 cm³/mol. The minimum absolute atomic E-state index is 0. The van der Waals surface area contributed by atoms with Gasteiger partial charge in [0.05, 0.1) is 24.4 Å². The largest absolute Gasteiger partial charge is 0.493 e. The van der Waals surface area contributed by atoms with Gasteiger partial charge in [0.1, 0.15) is 23.0 Å². The van der Waals surface area contributed by atoms with Crippen LogP contribution in [0.5, 0.6) is 23.0 Å². The van der Waals surface area contributed by atoms with Gasteiger partial charge in [0.25, 0.3) is 0 Å². The number of benzene rings is 3. The average Bonchev–Trinajstić information content (AvgIpc) is 3.04. The van der Waals surface area contributed by atoms with Gasteiger partial charge in [-0.3, -0.25) is 0 Å². The van der Waals surface area contributed by atoms with Crippen molar-refractivity contribution in [2.24, 2.45) is 0 Å². The first-order chi connectivity index (χ1) is 21.2. The number of unbranched alkanes of at least 4 members (excludes halogenated alkanes) is 6. The maximum absolute atomic E-state index is 13.2. The zero-order valence-corrected chi connectivity index (χ0v) is 25.4. The van der Waals surface area contributed by atoms with Gasteiger partial charge in [-0.25, -0.2) is 4.79 Å². The first-order valence-corrected chi connectivity index (χ1v) is 15.7. The lowest BCUT2D eigenvalue weighted by Gasteiger charge is -2.25. The second-order valence-electron chi connectivity index (χ2n) is 11.0. The summed E-state index contributed by atoms with van der Waals surface area (Å²) in [5, 5.41) is 0. The Morgan fingerprint density at radius 2 is 1.27 bits per heavy atom. The molecule has 5 nitrogen and oxygen atoms in total. The number of carbonyl (C=O) groups is 1. The fourth-order valence-corrected chi connectivity index (χ4v) is 5.35. The normalized spacial score (nSPS) is 14.0. The lowest BCUT2D eigenvalue weighted by molar-refractivity contribution is -0.343. The van der Waals surface area contributed by atoms with Gasteiger partial charge in [-0.05, 0) is 55.3 Å². The molecule has 3 aromatic carbocycles. The Morgan fingerprint density at radius 3 is 1.84 bits per heavy atom. The number of fused-ring (bicyclic) bond motifs is 2. The zero-order chi connectivity index (χ0) is 29.9. The van der Waals surface area contributed by atoms with Crippen molar-refractivity contribution in [3.05, 3.63) is 113 Å². The number of hydrogen-bond acceptors (Lipinski definition) is 4. The number of nitrogens with one attached hydrogen (secondary N) is 1. The Bertz CT molecular complexity index is 1470. The highest BCUT2D eigenvalue weighted by atomic mass is 16.5. The van der Waals surface area contributed by atoms with Crippen LogP contribution in [0.1, 0.15) is 94.1 Å². The molecule has 1 N–H and O–H groups in total. The molecular formula is C39H46NO4+. The van der Waals surface area contributed by atoms with Gasteiger partial charge in [-0.15, -0.1) is 0 Å². The summed E-state index contributed by atoms with van der Waals surface area (Å²) >= 11 is 0. The van der Waals surface area contributed by atoms with E-state index in [0.717, 1.165) is 76.7 Å². The van der Waals surface area contributed by atoms with Crippen molar-refractivity contribution in [2.45, 2.75) is 72.6 Å². The Labute approximate surface area is 263 Å². The Kier molecular flexibility index (Phi) is 12.2. The molecule has 0 saturated heterocycles. The van der Waals surface area contributed by atoms with Crippen LogP contribution < -0.4 is 19.2 Å². The zero-order valence-electron chi connectivity index (χ0n) is 25.4. The first-order valence-electron chi connectivity index (χ1n) is 15.7. The van der Waals surface area contributed by atoms with Crippen molar-refractivity contribution in [2.75, 3.05) is 13.2 Å². The summed E-state index contributed by atoms with van der Waals surface area (Å²) in [4.78, 5) is 16.3. The highest BCUT2D eigenvalue weighted by Gasteiger charge is 2.29. The second-order valence-corrected chi connectivity index (χ2v) is 11.0. The van der Waals surface area contributed by atoms with Crippen LogP contribution >= 0.6 is 0 Å². The average molecular weight is 593 g/mol. The molecule has 0 saturated carbocycles. The highest BCUT2D eigenvalue weighted by molar-refractivity contribution is 6.17. The molecule has 0 fully saturated rings. The third-order valence-electron chi connectivity index (χ3n) is 7.68. The number of amides is 1. The second kappa shape index (κ2) is 16.5. The molecule has 0 bridgehead atoms. The monoisotopic (exact) mass is 592 g/mol. The third kappa shape index (κ3) is 8.16. The summed E-state index contributed by atoms with van der Waals surface area (Å²) < 4.78 is 18.7. The van der Waals surface area contributed by atoms with Gasteiger partial charge in [-0.1, -0.05) is 90.2 Å². The summed E-state index contributed by atoms with van der Waals surface area (Å²) in [5.41, 5.74) is 5.14. The van der Waals surface area contributed by atoms with E-state index in [4.69, 9.17) is 14.2 Å². The molecule has 0 aromatic heterocycles. The number of carbonyl (C=O) groups excluding carboxylic acids is 1. The number of rotatable bonds is 13. The van der Waals surface area contributed by atoms with E-state index >= 15 is 0 Å². The lowest BCUT2D eigenvalue weighted by atomic mass is 9.86. The van der Waals surface area contributed by atoms with Crippen molar-refractivity contribution in [3.8, 4) is 23.0 Å². The quantitative estimate of drug-likeness (QED) is 0.158. The fraction of sp³-hybridized carbons (Fsp3) is 0.333. The highest BCUT2D eigenvalue weighted by Crippen LogP contribution is 2.47. The molecule has 1 amide bonds. The minimum atomic E-state index is -0.153. The van der Waals surface area contributed by atoms with Crippen LogP contribution in [0, 0.1) is 0 Å². The summed E-state index contributed by atoms with van der Waals surface area (Å²) in [6.45, 7) is 5.77. The van der Waals surface area contributed by atoms with Crippen LogP contribution in [-0.4, -0.2) is 24.8 Å². The predicted octanol–water partition coefficient (Wildman–Crippen LogP) is 8.64. The summed E-state index contributed by atoms with van der Waals surface area (Å²) in [7, 11) is 0. The van der Waals surface area contributed by atoms with Crippen LogP contribution in [0.25, 0.3) is 5.57 Å². The molecule has 1 heterocycles. The standard InChI is InChI=1S/C38H41NO4.CH4/c1-3-5-7-14-24-41-29-20-22-32-35(26-29)43-36-27-30(42-25-15-8-6-4-2)21-23-33(36)37(32)31-18-12-13-19-34(31)39-38(40)28-16-10-9-11-17-28;/h9-13,16-23,26-27H,3-8,14-15,24-25H2,1-2H3;1H4/p+1. The fourth-order valence-electron chi connectivity index (χ4n) is 5.35. The van der Waals surface area contributed by atoms with Gasteiger partial charge in [-0.2, -0.15) is 4.99 Å².